The van der Waals surface area contributed by atoms with Crippen molar-refractivity contribution < 1.29 is 12.8 Å². The number of hydrogen-bond acceptors (Lipinski definition) is 3. The van der Waals surface area contributed by atoms with Crippen LogP contribution in [0.15, 0.2) is 18.2 Å². The van der Waals surface area contributed by atoms with E-state index in [1.165, 1.54) is 12.1 Å². The molecule has 0 amide bonds. The van der Waals surface area contributed by atoms with Gasteiger partial charge in [-0.2, -0.15) is 0 Å². The second-order valence-electron chi connectivity index (χ2n) is 4.15. The molecule has 0 spiro atoms. The Morgan fingerprint density at radius 2 is 2.00 bits per heavy atom. The highest BCUT2D eigenvalue weighted by Gasteiger charge is 2.10. The molecular weight excluding hydrogens is 255 g/mol. The predicted molar refractivity (Wildman–Crippen MR) is 71.7 cm³/mol. The Morgan fingerprint density at radius 3 is 2.61 bits per heavy atom. The first-order valence-corrected chi connectivity index (χ1v) is 7.56. The van der Waals surface area contributed by atoms with Gasteiger partial charge >= 0.3 is 0 Å². The van der Waals surface area contributed by atoms with Crippen molar-refractivity contribution in [1.29, 1.82) is 0 Å². The van der Waals surface area contributed by atoms with Crippen molar-refractivity contribution in [3.63, 3.8) is 0 Å². The van der Waals surface area contributed by atoms with Crippen molar-refractivity contribution in [3.05, 3.63) is 29.6 Å². The summed E-state index contributed by atoms with van der Waals surface area (Å²) in [6.45, 7) is 5.14. The van der Waals surface area contributed by atoms with Crippen molar-refractivity contribution >= 4 is 15.7 Å². The maximum atomic E-state index is 13.1. The molecule has 0 fully saturated rings. The average molecular weight is 274 g/mol. The first-order chi connectivity index (χ1) is 8.43. The zero-order valence-corrected chi connectivity index (χ0v) is 11.5. The Hall–Kier alpha value is -1.14. The number of sulfonamides is 1. The van der Waals surface area contributed by atoms with Crippen LogP contribution in [0.4, 0.5) is 10.1 Å². The van der Waals surface area contributed by atoms with E-state index in [1.54, 1.807) is 13.0 Å². The van der Waals surface area contributed by atoms with E-state index in [2.05, 4.69) is 10.0 Å². The van der Waals surface area contributed by atoms with Crippen LogP contribution in [0, 0.1) is 12.7 Å². The summed E-state index contributed by atoms with van der Waals surface area (Å²) in [6, 6.07) is 4.13. The molecule has 0 saturated heterocycles. The molecule has 2 N–H and O–H groups in total. The van der Waals surface area contributed by atoms with Gasteiger partial charge in [0.05, 0.1) is 11.4 Å². The molecule has 0 radical (unpaired) electrons. The second kappa shape index (κ2) is 6.70. The molecule has 1 aromatic carbocycles. The van der Waals surface area contributed by atoms with Crippen LogP contribution in [-0.2, 0) is 10.0 Å². The van der Waals surface area contributed by atoms with Gasteiger partial charge in [0.2, 0.25) is 10.0 Å². The van der Waals surface area contributed by atoms with Gasteiger partial charge in [0.15, 0.2) is 0 Å². The number of hydrogen-bond donors (Lipinski definition) is 2. The fourth-order valence-electron chi connectivity index (χ4n) is 1.59. The first-order valence-electron chi connectivity index (χ1n) is 5.91. The molecular formula is C12H19FN2O2S. The van der Waals surface area contributed by atoms with Crippen LogP contribution in [0.1, 0.15) is 18.9 Å². The Morgan fingerprint density at radius 1 is 1.28 bits per heavy atom. The van der Waals surface area contributed by atoms with Crippen molar-refractivity contribution in [2.45, 2.75) is 20.3 Å². The predicted octanol–water partition coefficient (Wildman–Crippen LogP) is 1.88. The van der Waals surface area contributed by atoms with Crippen molar-refractivity contribution in [3.8, 4) is 0 Å². The van der Waals surface area contributed by atoms with Crippen LogP contribution < -0.4 is 10.0 Å². The summed E-state index contributed by atoms with van der Waals surface area (Å²) in [5.41, 5.74) is 0.955. The van der Waals surface area contributed by atoms with Crippen molar-refractivity contribution in [1.82, 2.24) is 5.32 Å². The smallest absolute Gasteiger partial charge is 0.232 e. The Bertz CT molecular complexity index is 469. The van der Waals surface area contributed by atoms with E-state index in [4.69, 9.17) is 0 Å². The molecule has 1 rings (SSSR count). The third-order valence-electron chi connectivity index (χ3n) is 2.33. The highest BCUT2D eigenvalue weighted by Crippen LogP contribution is 2.14. The molecule has 18 heavy (non-hydrogen) atoms. The van der Waals surface area contributed by atoms with E-state index >= 15 is 0 Å². The van der Waals surface area contributed by atoms with E-state index in [9.17, 15) is 12.8 Å². The molecule has 0 aliphatic carbocycles. The molecule has 0 unspecified atom stereocenters. The molecule has 0 aromatic heterocycles. The van der Waals surface area contributed by atoms with Crippen LogP contribution in [0.25, 0.3) is 0 Å². The minimum Gasteiger partial charge on any atom is -0.317 e. The van der Waals surface area contributed by atoms with Gasteiger partial charge in [-0.15, -0.1) is 0 Å². The minimum absolute atomic E-state index is 0.0234. The topological polar surface area (TPSA) is 58.2 Å². The van der Waals surface area contributed by atoms with Crippen LogP contribution in [-0.4, -0.2) is 27.3 Å². The van der Waals surface area contributed by atoms with E-state index in [0.29, 0.717) is 18.5 Å². The number of rotatable bonds is 7. The quantitative estimate of drug-likeness (QED) is 0.746. The Labute approximate surface area is 108 Å². The maximum Gasteiger partial charge on any atom is 0.232 e. The molecule has 1 aromatic rings. The summed E-state index contributed by atoms with van der Waals surface area (Å²) >= 11 is 0. The van der Waals surface area contributed by atoms with E-state index < -0.39 is 15.8 Å². The minimum atomic E-state index is -3.41. The van der Waals surface area contributed by atoms with Crippen molar-refractivity contribution in [2.24, 2.45) is 0 Å². The highest BCUT2D eigenvalue weighted by molar-refractivity contribution is 7.92. The number of benzene rings is 1. The molecule has 0 bridgehead atoms. The van der Waals surface area contributed by atoms with Crippen LogP contribution in [0.5, 0.6) is 0 Å². The molecule has 0 aliphatic heterocycles. The van der Waals surface area contributed by atoms with Gasteiger partial charge in [-0.05, 0) is 50.2 Å². The lowest BCUT2D eigenvalue weighted by Crippen LogP contribution is -2.21. The summed E-state index contributed by atoms with van der Waals surface area (Å²) < 4.78 is 38.9. The summed E-state index contributed by atoms with van der Waals surface area (Å²) in [6.07, 6.45) is 0.525. The van der Waals surface area contributed by atoms with Gasteiger partial charge in [-0.3, -0.25) is 4.72 Å². The third-order valence-corrected chi connectivity index (χ3v) is 3.70. The fourth-order valence-corrected chi connectivity index (χ4v) is 2.69. The molecule has 0 heterocycles. The largest absolute Gasteiger partial charge is 0.317 e. The van der Waals surface area contributed by atoms with Crippen LogP contribution >= 0.6 is 0 Å². The zero-order valence-electron chi connectivity index (χ0n) is 10.7. The van der Waals surface area contributed by atoms with Gasteiger partial charge in [0.1, 0.15) is 5.82 Å². The summed E-state index contributed by atoms with van der Waals surface area (Å²) in [5, 5.41) is 3.05. The van der Waals surface area contributed by atoms with Gasteiger partial charge in [0.25, 0.3) is 0 Å². The number of halogens is 1. The standard InChI is InChI=1S/C12H19FN2O2S/c1-3-14-5-4-6-18(16,17)15-12-8-10(2)7-11(13)9-12/h7-9,14-15H,3-6H2,1-2H3. The van der Waals surface area contributed by atoms with E-state index in [-0.39, 0.29) is 11.4 Å². The van der Waals surface area contributed by atoms with Crippen LogP contribution in [0.2, 0.25) is 0 Å². The first kappa shape index (κ1) is 14.9. The van der Waals surface area contributed by atoms with Crippen molar-refractivity contribution in [2.75, 3.05) is 23.6 Å². The lowest BCUT2D eigenvalue weighted by atomic mass is 10.2. The Balaban J connectivity index is 2.59. The Kier molecular flexibility index (Phi) is 5.55. The third kappa shape index (κ3) is 5.46. The SMILES string of the molecule is CCNCCCS(=O)(=O)Nc1cc(C)cc(F)c1. The maximum absolute atomic E-state index is 13.1. The summed E-state index contributed by atoms with van der Waals surface area (Å²) in [5.74, 6) is -0.421. The van der Waals surface area contributed by atoms with E-state index in [0.717, 1.165) is 6.54 Å². The lowest BCUT2D eigenvalue weighted by Gasteiger charge is -2.09. The highest BCUT2D eigenvalue weighted by atomic mass is 32.2. The number of anilines is 1. The molecule has 4 nitrogen and oxygen atoms in total. The number of aryl methyl sites for hydroxylation is 1. The molecule has 102 valence electrons. The molecule has 6 heteroatoms. The monoisotopic (exact) mass is 274 g/mol. The zero-order chi connectivity index (χ0) is 13.6. The molecule has 0 saturated carbocycles. The molecule has 0 aliphatic rings. The fraction of sp³-hybridized carbons (Fsp3) is 0.500. The van der Waals surface area contributed by atoms with Gasteiger partial charge in [-0.25, -0.2) is 12.8 Å². The van der Waals surface area contributed by atoms with Gasteiger partial charge in [-0.1, -0.05) is 6.92 Å². The van der Waals surface area contributed by atoms with Crippen LogP contribution in [0.3, 0.4) is 0 Å². The number of nitrogens with one attached hydrogen (secondary N) is 2. The van der Waals surface area contributed by atoms with Gasteiger partial charge in [0, 0.05) is 0 Å². The normalized spacial score (nSPS) is 11.5. The molecule has 0 atom stereocenters. The van der Waals surface area contributed by atoms with Gasteiger partial charge < -0.3 is 5.32 Å². The second-order valence-corrected chi connectivity index (χ2v) is 5.99. The summed E-state index contributed by atoms with van der Waals surface area (Å²) in [7, 11) is -3.41. The average Bonchev–Trinajstić information content (AvgIpc) is 2.22. The lowest BCUT2D eigenvalue weighted by molar-refractivity contribution is 0.595. The van der Waals surface area contributed by atoms with E-state index in [1.807, 2.05) is 6.92 Å². The summed E-state index contributed by atoms with van der Waals surface area (Å²) in [4.78, 5) is 0.